The molecule has 0 spiro atoms. The lowest BCUT2D eigenvalue weighted by Crippen LogP contribution is -2.51. The summed E-state index contributed by atoms with van der Waals surface area (Å²) in [7, 11) is -1.74. The summed E-state index contributed by atoms with van der Waals surface area (Å²) >= 11 is 0. The van der Waals surface area contributed by atoms with Crippen LogP contribution in [0.3, 0.4) is 0 Å². The molecule has 25 heavy (non-hydrogen) atoms. The second kappa shape index (κ2) is 7.53. The summed E-state index contributed by atoms with van der Waals surface area (Å²) in [5.74, 6) is -0.404. The molecule has 0 aromatic heterocycles. The van der Waals surface area contributed by atoms with Gasteiger partial charge in [0.05, 0.1) is 12.2 Å². The first-order valence-corrected chi connectivity index (χ1v) is 12.3. The van der Waals surface area contributed by atoms with E-state index in [2.05, 4.69) is 33.9 Å². The highest BCUT2D eigenvalue weighted by Crippen LogP contribution is 2.51. The van der Waals surface area contributed by atoms with Crippen molar-refractivity contribution in [3.8, 4) is 0 Å². The zero-order valence-electron chi connectivity index (χ0n) is 17.7. The summed E-state index contributed by atoms with van der Waals surface area (Å²) in [6, 6.07) is 0. The van der Waals surface area contributed by atoms with Gasteiger partial charge in [0.1, 0.15) is 5.41 Å². The van der Waals surface area contributed by atoms with Gasteiger partial charge in [-0.25, -0.2) is 0 Å². The molecule has 0 aromatic rings. The van der Waals surface area contributed by atoms with Crippen LogP contribution in [0.2, 0.25) is 18.1 Å². The maximum Gasteiger partial charge on any atom is 0.318 e. The highest BCUT2D eigenvalue weighted by atomic mass is 28.4. The highest BCUT2D eigenvalue weighted by Gasteiger charge is 2.58. The number of rotatable bonds is 7. The monoisotopic (exact) mass is 370 g/mol. The van der Waals surface area contributed by atoms with Crippen molar-refractivity contribution in [1.29, 1.82) is 0 Å². The van der Waals surface area contributed by atoms with Gasteiger partial charge in [-0.3, -0.25) is 4.79 Å². The molecule has 146 valence electrons. The van der Waals surface area contributed by atoms with E-state index in [1.54, 1.807) is 20.8 Å². The summed E-state index contributed by atoms with van der Waals surface area (Å²) in [5.41, 5.74) is -1.22. The SMILES string of the molecule is CCOC(=O)[C@@]1(C)C(C)=C[C@@H](CCCO[Si](C)(C)C(C)(C)C)[C@@]1(C)O. The summed E-state index contributed by atoms with van der Waals surface area (Å²) in [6.45, 7) is 19.5. The molecule has 1 aliphatic rings. The van der Waals surface area contributed by atoms with Crippen molar-refractivity contribution >= 4 is 14.3 Å². The molecule has 0 amide bonds. The van der Waals surface area contributed by atoms with Crippen LogP contribution in [-0.4, -0.2) is 38.2 Å². The van der Waals surface area contributed by atoms with Crippen molar-refractivity contribution in [2.75, 3.05) is 13.2 Å². The van der Waals surface area contributed by atoms with Gasteiger partial charge < -0.3 is 14.3 Å². The molecule has 1 aliphatic carbocycles. The number of hydrogen-bond acceptors (Lipinski definition) is 4. The van der Waals surface area contributed by atoms with E-state index in [4.69, 9.17) is 9.16 Å². The molecule has 5 heteroatoms. The van der Waals surface area contributed by atoms with Crippen LogP contribution in [0.1, 0.15) is 61.3 Å². The maximum absolute atomic E-state index is 12.5. The number of carbonyl (C=O) groups excluding carboxylic acids is 1. The van der Waals surface area contributed by atoms with Crippen LogP contribution in [-0.2, 0) is 14.0 Å². The number of ether oxygens (including phenoxy) is 1. The first-order chi connectivity index (χ1) is 11.2. The van der Waals surface area contributed by atoms with E-state index in [0.29, 0.717) is 13.2 Å². The van der Waals surface area contributed by atoms with Crippen LogP contribution in [0, 0.1) is 11.3 Å². The minimum atomic E-state index is -1.74. The molecule has 0 bridgehead atoms. The molecule has 0 heterocycles. The van der Waals surface area contributed by atoms with Crippen LogP contribution < -0.4 is 0 Å². The van der Waals surface area contributed by atoms with Crippen molar-refractivity contribution in [3.05, 3.63) is 11.6 Å². The van der Waals surface area contributed by atoms with Gasteiger partial charge in [-0.05, 0) is 58.7 Å². The molecule has 0 saturated carbocycles. The zero-order valence-corrected chi connectivity index (χ0v) is 18.7. The van der Waals surface area contributed by atoms with Crippen molar-refractivity contribution in [3.63, 3.8) is 0 Å². The van der Waals surface area contributed by atoms with E-state index in [9.17, 15) is 9.90 Å². The lowest BCUT2D eigenvalue weighted by atomic mass is 9.69. The first kappa shape index (κ1) is 22.4. The Bertz CT molecular complexity index is 516. The van der Waals surface area contributed by atoms with Crippen molar-refractivity contribution < 1.29 is 19.1 Å². The Balaban J connectivity index is 2.72. The number of esters is 1. The third kappa shape index (κ3) is 4.20. The molecule has 1 N–H and O–H groups in total. The second-order valence-corrected chi connectivity index (χ2v) is 14.0. The van der Waals surface area contributed by atoms with Crippen LogP contribution >= 0.6 is 0 Å². The lowest BCUT2D eigenvalue weighted by molar-refractivity contribution is -0.167. The minimum absolute atomic E-state index is 0.0649. The molecule has 4 nitrogen and oxygen atoms in total. The third-order valence-corrected chi connectivity index (χ3v) is 11.1. The van der Waals surface area contributed by atoms with Gasteiger partial charge in [0, 0.05) is 12.5 Å². The van der Waals surface area contributed by atoms with Crippen LogP contribution in [0.15, 0.2) is 11.6 Å². The van der Waals surface area contributed by atoms with Crippen molar-refractivity contribution in [2.45, 2.75) is 85.0 Å². The molecular formula is C20H38O4Si. The van der Waals surface area contributed by atoms with Gasteiger partial charge in [-0.15, -0.1) is 0 Å². The molecule has 0 aliphatic heterocycles. The number of hydrogen-bond donors (Lipinski definition) is 1. The normalized spacial score (nSPS) is 30.3. The summed E-state index contributed by atoms with van der Waals surface area (Å²) in [6.07, 6.45) is 3.72. The fraction of sp³-hybridized carbons (Fsp3) is 0.850. The average Bonchev–Trinajstić information content (AvgIpc) is 2.64. The second-order valence-electron chi connectivity index (χ2n) is 9.20. The van der Waals surface area contributed by atoms with Gasteiger partial charge in [0.15, 0.2) is 8.32 Å². The van der Waals surface area contributed by atoms with Gasteiger partial charge in [-0.1, -0.05) is 32.4 Å². The molecule has 0 unspecified atom stereocenters. The number of aliphatic hydroxyl groups is 1. The predicted molar refractivity (Wildman–Crippen MR) is 105 cm³/mol. The van der Waals surface area contributed by atoms with Crippen LogP contribution in [0.5, 0.6) is 0 Å². The average molecular weight is 371 g/mol. The smallest absolute Gasteiger partial charge is 0.318 e. The van der Waals surface area contributed by atoms with Gasteiger partial charge in [0.2, 0.25) is 0 Å². The van der Waals surface area contributed by atoms with Crippen molar-refractivity contribution in [2.24, 2.45) is 11.3 Å². The first-order valence-electron chi connectivity index (χ1n) is 9.44. The van der Waals surface area contributed by atoms with E-state index in [1.807, 2.05) is 13.0 Å². The van der Waals surface area contributed by atoms with Gasteiger partial charge in [0.25, 0.3) is 0 Å². The van der Waals surface area contributed by atoms with Crippen LogP contribution in [0.25, 0.3) is 0 Å². The van der Waals surface area contributed by atoms with E-state index in [0.717, 1.165) is 18.4 Å². The van der Waals surface area contributed by atoms with E-state index < -0.39 is 19.3 Å². The molecule has 0 saturated heterocycles. The molecule has 3 atom stereocenters. The quantitative estimate of drug-likeness (QED) is 0.306. The standard InChI is InChI=1S/C20H38O4Si/c1-10-23-17(21)19(6)15(2)14-16(20(19,7)22)12-11-13-24-25(8,9)18(3,4)5/h14,16,22H,10-13H2,1-9H3/t16-,19-,20-/m1/s1. The molecule has 1 rings (SSSR count). The molecular weight excluding hydrogens is 332 g/mol. The van der Waals surface area contributed by atoms with E-state index >= 15 is 0 Å². The largest absolute Gasteiger partial charge is 0.465 e. The minimum Gasteiger partial charge on any atom is -0.465 e. The van der Waals surface area contributed by atoms with Crippen molar-refractivity contribution in [1.82, 2.24) is 0 Å². The Labute approximate surface area is 155 Å². The Kier molecular flexibility index (Phi) is 6.74. The Hall–Kier alpha value is -0.653. The Morgan fingerprint density at radius 1 is 1.32 bits per heavy atom. The maximum atomic E-state index is 12.5. The number of carbonyl (C=O) groups is 1. The van der Waals surface area contributed by atoms with Crippen LogP contribution in [0.4, 0.5) is 0 Å². The Morgan fingerprint density at radius 3 is 2.36 bits per heavy atom. The van der Waals surface area contributed by atoms with E-state index in [1.165, 1.54) is 0 Å². The summed E-state index contributed by atoms with van der Waals surface area (Å²) < 4.78 is 11.5. The Morgan fingerprint density at radius 2 is 1.88 bits per heavy atom. The highest BCUT2D eigenvalue weighted by molar-refractivity contribution is 6.74. The fourth-order valence-electron chi connectivity index (χ4n) is 3.26. The fourth-order valence-corrected chi connectivity index (χ4v) is 4.34. The summed E-state index contributed by atoms with van der Waals surface area (Å²) in [5, 5.41) is 11.3. The topological polar surface area (TPSA) is 55.8 Å². The summed E-state index contributed by atoms with van der Waals surface area (Å²) in [4.78, 5) is 12.5. The van der Waals surface area contributed by atoms with Gasteiger partial charge in [-0.2, -0.15) is 0 Å². The van der Waals surface area contributed by atoms with Gasteiger partial charge >= 0.3 is 5.97 Å². The zero-order chi connectivity index (χ0) is 19.7. The molecule has 0 aromatic carbocycles. The third-order valence-electron chi connectivity index (χ3n) is 6.59. The lowest BCUT2D eigenvalue weighted by Gasteiger charge is -2.40. The molecule has 0 radical (unpaired) electrons. The molecule has 0 fully saturated rings. The predicted octanol–water partition coefficient (Wildman–Crippen LogP) is 4.68. The van der Waals surface area contributed by atoms with E-state index in [-0.39, 0.29) is 16.9 Å².